The highest BCUT2D eigenvalue weighted by Gasteiger charge is 2.25. The van der Waals surface area contributed by atoms with E-state index in [2.05, 4.69) is 20.5 Å². The third-order valence-electron chi connectivity index (χ3n) is 7.30. The van der Waals surface area contributed by atoms with E-state index in [0.29, 0.717) is 23.9 Å². The molecule has 1 aromatic heterocycles. The first-order valence-corrected chi connectivity index (χ1v) is 14.3. The smallest absolute Gasteiger partial charge is 0.407 e. The van der Waals surface area contributed by atoms with Crippen LogP contribution in [0.2, 0.25) is 0 Å². The highest BCUT2D eigenvalue weighted by molar-refractivity contribution is 5.73. The Morgan fingerprint density at radius 1 is 1.12 bits per heavy atom. The molecular formula is C31H38FN5O4. The van der Waals surface area contributed by atoms with Crippen LogP contribution in [0.25, 0.3) is 0 Å². The molecule has 0 radical (unpaired) electrons. The number of aryl methyl sites for hydroxylation is 2. The summed E-state index contributed by atoms with van der Waals surface area (Å²) in [6.07, 6.45) is 5.34. The Bertz CT molecular complexity index is 1440. The molecule has 1 fully saturated rings. The molecule has 3 aromatic rings. The fourth-order valence-corrected chi connectivity index (χ4v) is 5.25. The Morgan fingerprint density at radius 2 is 1.88 bits per heavy atom. The van der Waals surface area contributed by atoms with Crippen LogP contribution in [0.5, 0.6) is 11.5 Å². The molecule has 0 saturated carbocycles. The van der Waals surface area contributed by atoms with E-state index in [1.165, 1.54) is 6.07 Å². The van der Waals surface area contributed by atoms with Crippen molar-refractivity contribution >= 4 is 17.6 Å². The Labute approximate surface area is 239 Å². The lowest BCUT2D eigenvalue weighted by molar-refractivity contribution is 0.0525. The van der Waals surface area contributed by atoms with Crippen molar-refractivity contribution in [3.05, 3.63) is 76.1 Å². The van der Waals surface area contributed by atoms with Crippen molar-refractivity contribution in [1.82, 2.24) is 19.8 Å². The maximum absolute atomic E-state index is 13.5. The Morgan fingerprint density at radius 3 is 2.61 bits per heavy atom. The zero-order chi connectivity index (χ0) is 29.0. The van der Waals surface area contributed by atoms with Crippen molar-refractivity contribution in [3.63, 3.8) is 0 Å². The fourth-order valence-electron chi connectivity index (χ4n) is 5.25. The minimum atomic E-state index is -0.504. The summed E-state index contributed by atoms with van der Waals surface area (Å²) < 4.78 is 26.6. The molecule has 1 amide bonds. The normalized spacial score (nSPS) is 15.3. The molecule has 0 unspecified atom stereocenters. The molecule has 2 aliphatic heterocycles. The van der Waals surface area contributed by atoms with Gasteiger partial charge < -0.3 is 25.0 Å². The maximum atomic E-state index is 13.5. The number of piperidine rings is 1. The number of nitrogens with one attached hydrogen (secondary N) is 2. The number of amides is 1. The van der Waals surface area contributed by atoms with Crippen LogP contribution in [0.15, 0.2) is 53.5 Å². The molecule has 0 aliphatic carbocycles. The molecule has 3 heterocycles. The van der Waals surface area contributed by atoms with Crippen LogP contribution in [0.1, 0.15) is 57.2 Å². The van der Waals surface area contributed by atoms with E-state index in [4.69, 9.17) is 9.47 Å². The fraction of sp³-hybridized carbons (Fsp3) is 0.452. The SMILES string of the molecule is CC(C)(C)OC(=O)NCCCN1CCC(n2cc3c(nc2=O)Nc2cc(CCc4cccc(F)c4)ccc2O3)CC1. The third kappa shape index (κ3) is 7.64. The van der Waals surface area contributed by atoms with Crippen molar-refractivity contribution in [2.75, 3.05) is 31.5 Å². The second kappa shape index (κ2) is 12.3. The maximum Gasteiger partial charge on any atom is 0.407 e. The lowest BCUT2D eigenvalue weighted by Crippen LogP contribution is -2.39. The second-order valence-corrected chi connectivity index (χ2v) is 11.7. The largest absolute Gasteiger partial charge is 0.450 e. The Balaban J connectivity index is 1.13. The Hall–Kier alpha value is -3.92. The van der Waals surface area contributed by atoms with Crippen molar-refractivity contribution in [3.8, 4) is 11.5 Å². The lowest BCUT2D eigenvalue weighted by atomic mass is 10.0. The van der Waals surface area contributed by atoms with Gasteiger partial charge in [0.05, 0.1) is 11.9 Å². The predicted molar refractivity (Wildman–Crippen MR) is 156 cm³/mol. The molecule has 218 valence electrons. The quantitative estimate of drug-likeness (QED) is 0.271. The van der Waals surface area contributed by atoms with Crippen molar-refractivity contribution in [2.24, 2.45) is 0 Å². The number of carbonyl (C=O) groups excluding carboxylic acids is 1. The van der Waals surface area contributed by atoms with E-state index in [-0.39, 0.29) is 17.5 Å². The minimum Gasteiger partial charge on any atom is -0.450 e. The lowest BCUT2D eigenvalue weighted by Gasteiger charge is -2.33. The predicted octanol–water partition coefficient (Wildman–Crippen LogP) is 5.57. The number of anilines is 2. The molecule has 0 spiro atoms. The van der Waals surface area contributed by atoms with Crippen LogP contribution in [-0.4, -0.2) is 52.3 Å². The van der Waals surface area contributed by atoms with Gasteiger partial charge in [0.25, 0.3) is 0 Å². The summed E-state index contributed by atoms with van der Waals surface area (Å²) in [5.74, 6) is 1.39. The van der Waals surface area contributed by atoms with Gasteiger partial charge in [0.1, 0.15) is 11.4 Å². The van der Waals surface area contributed by atoms with Crippen molar-refractivity contribution in [1.29, 1.82) is 0 Å². The zero-order valence-corrected chi connectivity index (χ0v) is 23.9. The molecule has 5 rings (SSSR count). The number of carbonyl (C=O) groups is 1. The average Bonchev–Trinajstić information content (AvgIpc) is 2.92. The number of aromatic nitrogens is 2. The number of halogens is 1. The number of nitrogens with zero attached hydrogens (tertiary/aromatic N) is 3. The third-order valence-corrected chi connectivity index (χ3v) is 7.30. The summed E-state index contributed by atoms with van der Waals surface area (Å²) in [5, 5.41) is 6.06. The zero-order valence-electron chi connectivity index (χ0n) is 23.9. The van der Waals surface area contributed by atoms with Gasteiger partial charge in [0.2, 0.25) is 0 Å². The van der Waals surface area contributed by atoms with E-state index >= 15 is 0 Å². The summed E-state index contributed by atoms with van der Waals surface area (Å²) in [5.41, 5.74) is 1.98. The highest BCUT2D eigenvalue weighted by atomic mass is 19.1. The van der Waals surface area contributed by atoms with Gasteiger partial charge in [-0.3, -0.25) is 4.57 Å². The van der Waals surface area contributed by atoms with Gasteiger partial charge in [-0.25, -0.2) is 14.0 Å². The van der Waals surface area contributed by atoms with Gasteiger partial charge in [-0.05, 0) is 94.8 Å². The van der Waals surface area contributed by atoms with Gasteiger partial charge >= 0.3 is 11.8 Å². The van der Waals surface area contributed by atoms with Crippen LogP contribution in [0.4, 0.5) is 20.7 Å². The number of hydrogen-bond acceptors (Lipinski definition) is 7. The number of fused-ring (bicyclic) bond motifs is 2. The van der Waals surface area contributed by atoms with Crippen molar-refractivity contribution < 1.29 is 18.7 Å². The first-order valence-electron chi connectivity index (χ1n) is 14.3. The summed E-state index contributed by atoms with van der Waals surface area (Å²) >= 11 is 0. The van der Waals surface area contributed by atoms with Crippen LogP contribution < -0.4 is 21.1 Å². The standard InChI is InChI=1S/C31H38FN5O4/c1-31(2,3)41-30(39)33-14-5-15-36-16-12-24(13-17-36)37-20-27-28(35-29(37)38)34-25-19-22(10-11-26(25)40-27)9-8-21-6-4-7-23(32)18-21/h4,6-7,10-11,18-20,24H,5,8-9,12-17H2,1-3H3,(H,33,39)(H,34,35,38). The molecule has 0 atom stereocenters. The van der Waals surface area contributed by atoms with E-state index in [9.17, 15) is 14.0 Å². The molecule has 1 saturated heterocycles. The number of hydrogen-bond donors (Lipinski definition) is 2. The summed E-state index contributed by atoms with van der Waals surface area (Å²) in [6, 6.07) is 12.6. The van der Waals surface area contributed by atoms with Crippen LogP contribution in [-0.2, 0) is 17.6 Å². The topological polar surface area (TPSA) is 97.7 Å². The van der Waals surface area contributed by atoms with Crippen LogP contribution >= 0.6 is 0 Å². The van der Waals surface area contributed by atoms with E-state index in [1.807, 2.05) is 45.0 Å². The van der Waals surface area contributed by atoms with E-state index < -0.39 is 11.7 Å². The average molecular weight is 564 g/mol. The van der Waals surface area contributed by atoms with E-state index in [0.717, 1.165) is 68.6 Å². The summed E-state index contributed by atoms with van der Waals surface area (Å²) in [7, 11) is 0. The number of likely N-dealkylation sites (tertiary alicyclic amines) is 1. The number of benzene rings is 2. The molecule has 9 nitrogen and oxygen atoms in total. The number of ether oxygens (including phenoxy) is 2. The van der Waals surface area contributed by atoms with Gasteiger partial charge in [-0.1, -0.05) is 18.2 Å². The molecule has 2 aliphatic rings. The monoisotopic (exact) mass is 563 g/mol. The van der Waals surface area contributed by atoms with Crippen LogP contribution in [0, 0.1) is 5.82 Å². The molecule has 0 bridgehead atoms. The minimum absolute atomic E-state index is 0.0478. The highest BCUT2D eigenvalue weighted by Crippen LogP contribution is 2.41. The van der Waals surface area contributed by atoms with Gasteiger partial charge in [0, 0.05) is 25.7 Å². The van der Waals surface area contributed by atoms with Gasteiger partial charge in [-0.15, -0.1) is 0 Å². The first-order chi connectivity index (χ1) is 19.6. The molecule has 41 heavy (non-hydrogen) atoms. The summed E-state index contributed by atoms with van der Waals surface area (Å²) in [4.78, 5) is 31.4. The van der Waals surface area contributed by atoms with Gasteiger partial charge in [-0.2, -0.15) is 4.98 Å². The molecule has 10 heteroatoms. The molecular weight excluding hydrogens is 525 g/mol. The van der Waals surface area contributed by atoms with E-state index in [1.54, 1.807) is 22.9 Å². The Kier molecular flexibility index (Phi) is 8.58. The second-order valence-electron chi connectivity index (χ2n) is 11.7. The first kappa shape index (κ1) is 28.6. The van der Waals surface area contributed by atoms with Crippen LogP contribution in [0.3, 0.4) is 0 Å². The summed E-state index contributed by atoms with van der Waals surface area (Å²) in [6.45, 7) is 8.68. The number of rotatable bonds is 8. The van der Waals surface area contributed by atoms with Crippen molar-refractivity contribution in [2.45, 2.75) is 64.5 Å². The molecule has 2 N–H and O–H groups in total. The number of alkyl carbamates (subject to hydrolysis) is 1. The van der Waals surface area contributed by atoms with Gasteiger partial charge in [0.15, 0.2) is 17.3 Å². The molecule has 2 aromatic carbocycles.